The Balaban J connectivity index is 1.22. The molecule has 164 valence electrons. The SMILES string of the molecule is O=C(NCc1cn2cc(CNCC3CCOC3)ccc2n1)c1cc(=O)n2ccccc2n1. The average molecular weight is 432 g/mol. The van der Waals surface area contributed by atoms with E-state index in [1.165, 1.54) is 10.5 Å². The van der Waals surface area contributed by atoms with E-state index in [4.69, 9.17) is 4.74 Å². The number of carbonyl (C=O) groups is 1. The molecule has 9 heteroatoms. The van der Waals surface area contributed by atoms with Crippen molar-refractivity contribution in [2.45, 2.75) is 19.5 Å². The summed E-state index contributed by atoms with van der Waals surface area (Å²) in [7, 11) is 0. The molecule has 0 spiro atoms. The van der Waals surface area contributed by atoms with Gasteiger partial charge in [-0.15, -0.1) is 0 Å². The van der Waals surface area contributed by atoms with Gasteiger partial charge in [0.25, 0.3) is 11.5 Å². The number of ether oxygens (including phenoxy) is 1. The van der Waals surface area contributed by atoms with Gasteiger partial charge in [0.15, 0.2) is 0 Å². The lowest BCUT2D eigenvalue weighted by atomic mass is 10.1. The molecule has 0 saturated carbocycles. The summed E-state index contributed by atoms with van der Waals surface area (Å²) in [6, 6.07) is 10.5. The zero-order valence-corrected chi connectivity index (χ0v) is 17.5. The molecule has 1 aliphatic rings. The van der Waals surface area contributed by atoms with Crippen molar-refractivity contribution in [2.75, 3.05) is 19.8 Å². The zero-order valence-electron chi connectivity index (χ0n) is 17.5. The standard InChI is InChI=1S/C23H24N6O3/c30-22-9-19(27-21-3-1-2-7-29(21)22)23(31)25-12-18-14-28-13-16(4-5-20(28)26-18)10-24-11-17-6-8-32-15-17/h1-5,7,9,13-14,17,24H,6,8,10-12,15H2,(H,25,31). The molecule has 4 aromatic rings. The van der Waals surface area contributed by atoms with Crippen LogP contribution in [0.4, 0.5) is 0 Å². The van der Waals surface area contributed by atoms with Gasteiger partial charge in [0, 0.05) is 44.4 Å². The van der Waals surface area contributed by atoms with Gasteiger partial charge in [-0.25, -0.2) is 9.97 Å². The highest BCUT2D eigenvalue weighted by molar-refractivity contribution is 5.92. The van der Waals surface area contributed by atoms with Gasteiger partial charge in [-0.3, -0.25) is 14.0 Å². The second-order valence-electron chi connectivity index (χ2n) is 7.99. The van der Waals surface area contributed by atoms with Crippen molar-refractivity contribution in [3.8, 4) is 0 Å². The van der Waals surface area contributed by atoms with Crippen LogP contribution in [0.5, 0.6) is 0 Å². The van der Waals surface area contributed by atoms with Crippen LogP contribution < -0.4 is 16.2 Å². The minimum Gasteiger partial charge on any atom is -0.381 e. The Morgan fingerprint density at radius 1 is 1.12 bits per heavy atom. The summed E-state index contributed by atoms with van der Waals surface area (Å²) >= 11 is 0. The predicted octanol–water partition coefficient (Wildman–Crippen LogP) is 1.40. The summed E-state index contributed by atoms with van der Waals surface area (Å²) in [5, 5.41) is 6.28. The molecular formula is C23H24N6O3. The van der Waals surface area contributed by atoms with Gasteiger partial charge in [0.1, 0.15) is 17.0 Å². The minimum atomic E-state index is -0.411. The highest BCUT2D eigenvalue weighted by Gasteiger charge is 2.15. The van der Waals surface area contributed by atoms with Gasteiger partial charge in [0.05, 0.1) is 18.8 Å². The topological polar surface area (TPSA) is 102 Å². The normalized spacial score (nSPS) is 16.1. The fourth-order valence-corrected chi connectivity index (χ4v) is 3.88. The van der Waals surface area contributed by atoms with Crippen molar-refractivity contribution in [3.05, 3.63) is 82.3 Å². The molecule has 0 aliphatic carbocycles. The summed E-state index contributed by atoms with van der Waals surface area (Å²) < 4.78 is 8.76. The van der Waals surface area contributed by atoms with Crippen LogP contribution in [-0.2, 0) is 17.8 Å². The lowest BCUT2D eigenvalue weighted by molar-refractivity contribution is 0.0945. The molecule has 1 unspecified atom stereocenters. The summed E-state index contributed by atoms with van der Waals surface area (Å²) in [4.78, 5) is 33.6. The molecule has 5 heterocycles. The van der Waals surface area contributed by atoms with E-state index in [-0.39, 0.29) is 17.8 Å². The van der Waals surface area contributed by atoms with Crippen LogP contribution in [0.3, 0.4) is 0 Å². The summed E-state index contributed by atoms with van der Waals surface area (Å²) in [6.45, 7) is 3.67. The number of nitrogens with one attached hydrogen (secondary N) is 2. The highest BCUT2D eigenvalue weighted by atomic mass is 16.5. The molecule has 1 atom stereocenters. The molecule has 1 aliphatic heterocycles. The van der Waals surface area contributed by atoms with Crippen molar-refractivity contribution >= 4 is 17.2 Å². The Morgan fingerprint density at radius 3 is 2.94 bits per heavy atom. The number of amides is 1. The van der Waals surface area contributed by atoms with Crippen molar-refractivity contribution in [2.24, 2.45) is 5.92 Å². The summed E-state index contributed by atoms with van der Waals surface area (Å²) in [5.74, 6) is 0.182. The third-order valence-electron chi connectivity index (χ3n) is 5.58. The van der Waals surface area contributed by atoms with E-state index in [1.54, 1.807) is 24.4 Å². The van der Waals surface area contributed by atoms with Gasteiger partial charge >= 0.3 is 0 Å². The summed E-state index contributed by atoms with van der Waals surface area (Å²) in [5.41, 5.74) is 2.92. The Labute approximate surface area is 184 Å². The third-order valence-corrected chi connectivity index (χ3v) is 5.58. The maximum Gasteiger partial charge on any atom is 0.270 e. The van der Waals surface area contributed by atoms with Gasteiger partial charge < -0.3 is 19.8 Å². The highest BCUT2D eigenvalue weighted by Crippen LogP contribution is 2.12. The van der Waals surface area contributed by atoms with Crippen molar-refractivity contribution in [3.63, 3.8) is 0 Å². The second-order valence-corrected chi connectivity index (χ2v) is 7.99. The number of fused-ring (bicyclic) bond motifs is 2. The number of rotatable bonds is 7. The lowest BCUT2D eigenvalue weighted by Crippen LogP contribution is -2.27. The van der Waals surface area contributed by atoms with E-state index >= 15 is 0 Å². The Bertz CT molecular complexity index is 1320. The molecule has 1 fully saturated rings. The van der Waals surface area contributed by atoms with Crippen LogP contribution in [-0.4, -0.2) is 44.4 Å². The molecule has 1 saturated heterocycles. The number of imidazole rings is 1. The molecule has 5 rings (SSSR count). The van der Waals surface area contributed by atoms with Gasteiger partial charge in [-0.2, -0.15) is 0 Å². The van der Waals surface area contributed by atoms with E-state index < -0.39 is 5.91 Å². The molecule has 0 bridgehead atoms. The third kappa shape index (κ3) is 4.39. The van der Waals surface area contributed by atoms with Gasteiger partial charge in [-0.05, 0) is 36.1 Å². The first-order chi connectivity index (χ1) is 15.7. The number of carbonyl (C=O) groups excluding carboxylic acids is 1. The van der Waals surface area contributed by atoms with Gasteiger partial charge in [0.2, 0.25) is 0 Å². The van der Waals surface area contributed by atoms with E-state index in [0.717, 1.165) is 49.6 Å². The minimum absolute atomic E-state index is 0.0889. The van der Waals surface area contributed by atoms with Crippen LogP contribution in [0.15, 0.2) is 59.8 Å². The molecule has 32 heavy (non-hydrogen) atoms. The smallest absolute Gasteiger partial charge is 0.270 e. The van der Waals surface area contributed by atoms with E-state index in [9.17, 15) is 9.59 Å². The zero-order chi connectivity index (χ0) is 21.9. The van der Waals surface area contributed by atoms with Crippen LogP contribution in [0.1, 0.15) is 28.2 Å². The molecule has 9 nitrogen and oxygen atoms in total. The molecule has 0 aromatic carbocycles. The number of nitrogens with zero attached hydrogens (tertiary/aromatic N) is 4. The van der Waals surface area contributed by atoms with E-state index in [1.807, 2.05) is 22.9 Å². The number of hydrogen-bond acceptors (Lipinski definition) is 6. The average Bonchev–Trinajstić information content (AvgIpc) is 3.47. The van der Waals surface area contributed by atoms with Crippen LogP contribution in [0.25, 0.3) is 11.3 Å². The van der Waals surface area contributed by atoms with Crippen molar-refractivity contribution in [1.29, 1.82) is 0 Å². The maximum absolute atomic E-state index is 12.5. The van der Waals surface area contributed by atoms with Crippen LogP contribution in [0.2, 0.25) is 0 Å². The second kappa shape index (κ2) is 8.89. The molecule has 0 radical (unpaired) electrons. The van der Waals surface area contributed by atoms with Crippen molar-refractivity contribution in [1.82, 2.24) is 29.4 Å². The van der Waals surface area contributed by atoms with Gasteiger partial charge in [-0.1, -0.05) is 12.1 Å². The largest absolute Gasteiger partial charge is 0.381 e. The van der Waals surface area contributed by atoms with Crippen LogP contribution >= 0.6 is 0 Å². The first-order valence-corrected chi connectivity index (χ1v) is 10.7. The fraction of sp³-hybridized carbons (Fsp3) is 0.304. The fourth-order valence-electron chi connectivity index (χ4n) is 3.88. The van der Waals surface area contributed by atoms with Crippen LogP contribution in [0, 0.1) is 5.92 Å². The monoisotopic (exact) mass is 432 g/mol. The molecule has 1 amide bonds. The van der Waals surface area contributed by atoms with E-state index in [0.29, 0.717) is 11.6 Å². The predicted molar refractivity (Wildman–Crippen MR) is 118 cm³/mol. The maximum atomic E-state index is 12.5. The first kappa shape index (κ1) is 20.3. The Kier molecular flexibility index (Phi) is 5.66. The first-order valence-electron chi connectivity index (χ1n) is 10.7. The van der Waals surface area contributed by atoms with E-state index in [2.05, 4.69) is 26.7 Å². The Hall–Kier alpha value is -3.56. The number of aromatic nitrogens is 4. The number of hydrogen-bond donors (Lipinski definition) is 2. The molecule has 2 N–H and O–H groups in total. The van der Waals surface area contributed by atoms with Crippen molar-refractivity contribution < 1.29 is 9.53 Å². The summed E-state index contributed by atoms with van der Waals surface area (Å²) in [6.07, 6.45) is 6.67. The number of pyridine rings is 2. The molecule has 4 aromatic heterocycles. The molecular weight excluding hydrogens is 408 g/mol. The lowest BCUT2D eigenvalue weighted by Gasteiger charge is -2.09. The Morgan fingerprint density at radius 2 is 2.06 bits per heavy atom. The quantitative estimate of drug-likeness (QED) is 0.458.